The monoisotopic (exact) mass is 258 g/mol. The van der Waals surface area contributed by atoms with E-state index in [0.717, 1.165) is 12.1 Å². The van der Waals surface area contributed by atoms with E-state index in [1.54, 1.807) is 0 Å². The normalized spacial score (nSPS) is 12.1. The molecule has 19 heavy (non-hydrogen) atoms. The number of aryl methyl sites for hydroxylation is 1. The number of hydrogen-bond acceptors (Lipinski definition) is 2. The highest BCUT2D eigenvalue weighted by Crippen LogP contribution is 2.11. The van der Waals surface area contributed by atoms with E-state index in [1.807, 2.05) is 12.1 Å². The average Bonchev–Trinajstić information content (AvgIpc) is 2.42. The average molecular weight is 258 g/mol. The number of hydrogen-bond donors (Lipinski definition) is 1. The summed E-state index contributed by atoms with van der Waals surface area (Å²) in [7, 11) is 0. The van der Waals surface area contributed by atoms with E-state index < -0.39 is 0 Å². The lowest BCUT2D eigenvalue weighted by atomic mass is 10.0. The van der Waals surface area contributed by atoms with Crippen molar-refractivity contribution >= 4 is 0 Å². The molecule has 1 aromatic rings. The quantitative estimate of drug-likeness (QED) is 0.705. The molecule has 1 atom stereocenters. The van der Waals surface area contributed by atoms with Crippen molar-refractivity contribution in [2.45, 2.75) is 65.5 Å². The fourth-order valence-corrected chi connectivity index (χ4v) is 2.23. The molecule has 0 bridgehead atoms. The summed E-state index contributed by atoms with van der Waals surface area (Å²) in [5.74, 6) is 0. The van der Waals surface area contributed by atoms with Gasteiger partial charge < -0.3 is 5.32 Å². The van der Waals surface area contributed by atoms with Crippen LogP contribution in [0, 0.1) is 18.3 Å². The molecule has 0 fully saturated rings. The molecule has 0 aliphatic carbocycles. The van der Waals surface area contributed by atoms with Crippen molar-refractivity contribution in [3.8, 4) is 6.07 Å². The molecule has 2 nitrogen and oxygen atoms in total. The molecular weight excluding hydrogens is 232 g/mol. The van der Waals surface area contributed by atoms with Gasteiger partial charge >= 0.3 is 0 Å². The van der Waals surface area contributed by atoms with Gasteiger partial charge in [-0.1, -0.05) is 38.7 Å². The molecule has 0 heterocycles. The van der Waals surface area contributed by atoms with Crippen molar-refractivity contribution in [2.24, 2.45) is 0 Å². The predicted octanol–water partition coefficient (Wildman–Crippen LogP) is 4.32. The van der Waals surface area contributed by atoms with Gasteiger partial charge in [0.2, 0.25) is 0 Å². The van der Waals surface area contributed by atoms with Gasteiger partial charge in [0, 0.05) is 12.6 Å². The second-order valence-corrected chi connectivity index (χ2v) is 5.38. The number of unbranched alkanes of at least 4 members (excludes halogenated alkanes) is 3. The third kappa shape index (κ3) is 5.89. The van der Waals surface area contributed by atoms with Crippen LogP contribution in [-0.4, -0.2) is 6.04 Å². The third-order valence-corrected chi connectivity index (χ3v) is 3.60. The largest absolute Gasteiger partial charge is 0.310 e. The van der Waals surface area contributed by atoms with Gasteiger partial charge in [-0.25, -0.2) is 0 Å². The predicted molar refractivity (Wildman–Crippen MR) is 81.0 cm³/mol. The summed E-state index contributed by atoms with van der Waals surface area (Å²) in [5, 5.41) is 12.4. The van der Waals surface area contributed by atoms with E-state index in [0.29, 0.717) is 6.04 Å². The second-order valence-electron chi connectivity index (χ2n) is 5.38. The molecule has 1 unspecified atom stereocenters. The lowest BCUT2D eigenvalue weighted by molar-refractivity contribution is 0.482. The number of benzene rings is 1. The molecule has 1 rings (SSSR count). The first-order valence-corrected chi connectivity index (χ1v) is 7.40. The Labute approximate surface area is 117 Å². The molecule has 1 N–H and O–H groups in total. The topological polar surface area (TPSA) is 35.8 Å². The fraction of sp³-hybridized carbons (Fsp3) is 0.588. The Morgan fingerprint density at radius 3 is 2.68 bits per heavy atom. The fourth-order valence-electron chi connectivity index (χ4n) is 2.23. The van der Waals surface area contributed by atoms with Crippen molar-refractivity contribution in [1.29, 1.82) is 5.26 Å². The SMILES string of the molecule is CCCCCCC(C)NCc1ccc(C#N)cc1C. The molecule has 2 heteroatoms. The lowest BCUT2D eigenvalue weighted by Gasteiger charge is -2.15. The van der Waals surface area contributed by atoms with Gasteiger partial charge in [0.05, 0.1) is 11.6 Å². The maximum Gasteiger partial charge on any atom is 0.0991 e. The van der Waals surface area contributed by atoms with Gasteiger partial charge in [0.1, 0.15) is 0 Å². The minimum absolute atomic E-state index is 0.562. The standard InChI is InChI=1S/C17H26N2/c1-4-5-6-7-8-15(3)19-13-17-10-9-16(12-18)11-14(17)2/h9-11,15,19H,4-8,13H2,1-3H3. The Kier molecular flexibility index (Phi) is 7.22. The molecule has 0 spiro atoms. The van der Waals surface area contributed by atoms with Crippen LogP contribution in [0.2, 0.25) is 0 Å². The van der Waals surface area contributed by atoms with Gasteiger partial charge in [-0.3, -0.25) is 0 Å². The van der Waals surface area contributed by atoms with Gasteiger partial charge in [0.25, 0.3) is 0 Å². The van der Waals surface area contributed by atoms with E-state index in [2.05, 4.69) is 38.2 Å². The molecule has 0 aliphatic rings. The van der Waals surface area contributed by atoms with Crippen LogP contribution in [0.3, 0.4) is 0 Å². The van der Waals surface area contributed by atoms with Crippen molar-refractivity contribution in [2.75, 3.05) is 0 Å². The molecule has 0 amide bonds. The molecule has 104 valence electrons. The maximum absolute atomic E-state index is 8.85. The summed E-state index contributed by atoms with van der Waals surface area (Å²) in [6.45, 7) is 7.47. The first-order chi connectivity index (χ1) is 9.17. The highest BCUT2D eigenvalue weighted by atomic mass is 14.9. The zero-order chi connectivity index (χ0) is 14.1. The number of nitrogens with one attached hydrogen (secondary N) is 1. The smallest absolute Gasteiger partial charge is 0.0991 e. The van der Waals surface area contributed by atoms with Crippen LogP contribution < -0.4 is 5.32 Å². The third-order valence-electron chi connectivity index (χ3n) is 3.60. The van der Waals surface area contributed by atoms with Crippen LogP contribution in [0.4, 0.5) is 0 Å². The highest BCUT2D eigenvalue weighted by molar-refractivity contribution is 5.37. The Morgan fingerprint density at radius 1 is 1.26 bits per heavy atom. The molecular formula is C17H26N2. The van der Waals surface area contributed by atoms with Crippen molar-refractivity contribution in [1.82, 2.24) is 5.32 Å². The van der Waals surface area contributed by atoms with Gasteiger partial charge in [-0.2, -0.15) is 5.26 Å². The van der Waals surface area contributed by atoms with Crippen molar-refractivity contribution < 1.29 is 0 Å². The summed E-state index contributed by atoms with van der Waals surface area (Å²) >= 11 is 0. The Hall–Kier alpha value is -1.33. The summed E-state index contributed by atoms with van der Waals surface area (Å²) in [6, 6.07) is 8.66. The molecule has 0 saturated heterocycles. The lowest BCUT2D eigenvalue weighted by Crippen LogP contribution is -2.25. The first-order valence-electron chi connectivity index (χ1n) is 7.40. The van der Waals surface area contributed by atoms with Crippen LogP contribution in [0.15, 0.2) is 18.2 Å². The summed E-state index contributed by atoms with van der Waals surface area (Å²) < 4.78 is 0. The maximum atomic E-state index is 8.85. The van der Waals surface area contributed by atoms with Crippen LogP contribution in [0.5, 0.6) is 0 Å². The van der Waals surface area contributed by atoms with Crippen LogP contribution in [-0.2, 0) is 6.54 Å². The van der Waals surface area contributed by atoms with E-state index in [-0.39, 0.29) is 0 Å². The Morgan fingerprint density at radius 2 is 2.05 bits per heavy atom. The van der Waals surface area contributed by atoms with E-state index in [4.69, 9.17) is 5.26 Å². The molecule has 0 aliphatic heterocycles. The zero-order valence-corrected chi connectivity index (χ0v) is 12.5. The van der Waals surface area contributed by atoms with Crippen molar-refractivity contribution in [3.05, 3.63) is 34.9 Å². The van der Waals surface area contributed by atoms with Gasteiger partial charge in [-0.05, 0) is 43.5 Å². The summed E-state index contributed by atoms with van der Waals surface area (Å²) in [4.78, 5) is 0. The van der Waals surface area contributed by atoms with Crippen LogP contribution >= 0.6 is 0 Å². The van der Waals surface area contributed by atoms with Crippen LogP contribution in [0.25, 0.3) is 0 Å². The Balaban J connectivity index is 2.34. The van der Waals surface area contributed by atoms with E-state index in [9.17, 15) is 0 Å². The highest BCUT2D eigenvalue weighted by Gasteiger charge is 2.04. The molecule has 1 aromatic carbocycles. The molecule has 0 saturated carbocycles. The summed E-state index contributed by atoms with van der Waals surface area (Å²) in [5.41, 5.74) is 3.23. The minimum atomic E-state index is 0.562. The Bertz CT molecular complexity index is 418. The van der Waals surface area contributed by atoms with Gasteiger partial charge in [0.15, 0.2) is 0 Å². The molecule has 0 aromatic heterocycles. The van der Waals surface area contributed by atoms with Crippen LogP contribution in [0.1, 0.15) is 62.6 Å². The second kappa shape index (κ2) is 8.72. The van der Waals surface area contributed by atoms with E-state index in [1.165, 1.54) is 43.2 Å². The molecule has 0 radical (unpaired) electrons. The number of nitrogens with zero attached hydrogens (tertiary/aromatic N) is 1. The summed E-state index contributed by atoms with van der Waals surface area (Å²) in [6.07, 6.45) is 6.55. The number of rotatable bonds is 8. The first kappa shape index (κ1) is 15.7. The number of nitriles is 1. The van der Waals surface area contributed by atoms with E-state index >= 15 is 0 Å². The van der Waals surface area contributed by atoms with Gasteiger partial charge in [-0.15, -0.1) is 0 Å². The zero-order valence-electron chi connectivity index (χ0n) is 12.5. The minimum Gasteiger partial charge on any atom is -0.310 e. The van der Waals surface area contributed by atoms with Crippen molar-refractivity contribution in [3.63, 3.8) is 0 Å².